The molecule has 0 spiro atoms. The van der Waals surface area contributed by atoms with E-state index in [0.717, 1.165) is 11.1 Å². The molecule has 2 aromatic rings. The van der Waals surface area contributed by atoms with E-state index >= 15 is 0 Å². The average Bonchev–Trinajstić information content (AvgIpc) is 2.78. The number of halogens is 1. The van der Waals surface area contributed by atoms with Gasteiger partial charge in [0.1, 0.15) is 11.9 Å². The van der Waals surface area contributed by atoms with Crippen LogP contribution in [0.5, 0.6) is 0 Å². The number of unbranched alkanes of at least 4 members (excludes halogenated alkanes) is 3. The number of rotatable bonds is 7. The van der Waals surface area contributed by atoms with Gasteiger partial charge in [-0.05, 0) is 84.6 Å². The van der Waals surface area contributed by atoms with Crippen LogP contribution in [0.25, 0.3) is 11.1 Å². The second-order valence-corrected chi connectivity index (χ2v) is 9.44. The second kappa shape index (κ2) is 8.31. The summed E-state index contributed by atoms with van der Waals surface area (Å²) in [5.41, 5.74) is 4.38. The molecule has 3 aliphatic rings. The smallest absolute Gasteiger partial charge is 0.141 e. The zero-order valence-corrected chi connectivity index (χ0v) is 17.6. The molecule has 2 heteroatoms. The first kappa shape index (κ1) is 20.1. The molecule has 3 saturated carbocycles. The van der Waals surface area contributed by atoms with Crippen LogP contribution in [0.15, 0.2) is 42.5 Å². The van der Waals surface area contributed by atoms with Crippen molar-refractivity contribution in [2.45, 2.75) is 83.0 Å². The van der Waals surface area contributed by atoms with Crippen molar-refractivity contribution >= 4 is 0 Å². The molecule has 2 bridgehead atoms. The lowest BCUT2D eigenvalue weighted by Gasteiger charge is -2.54. The van der Waals surface area contributed by atoms with Gasteiger partial charge in [-0.15, -0.1) is 0 Å². The van der Waals surface area contributed by atoms with Crippen LogP contribution in [0.4, 0.5) is 4.39 Å². The molecule has 0 heterocycles. The molecule has 0 unspecified atom stereocenters. The van der Waals surface area contributed by atoms with Gasteiger partial charge in [-0.1, -0.05) is 62.9 Å². The molecule has 29 heavy (non-hydrogen) atoms. The van der Waals surface area contributed by atoms with Crippen molar-refractivity contribution < 1.29 is 4.39 Å². The van der Waals surface area contributed by atoms with Gasteiger partial charge in [0.2, 0.25) is 0 Å². The summed E-state index contributed by atoms with van der Waals surface area (Å²) in [5.74, 6) is -0.421. The van der Waals surface area contributed by atoms with Gasteiger partial charge in [0.25, 0.3) is 0 Å². The average molecular weight is 390 g/mol. The fourth-order valence-electron chi connectivity index (χ4n) is 5.94. The molecule has 1 nitrogen and oxygen atoms in total. The van der Waals surface area contributed by atoms with E-state index in [4.69, 9.17) is 5.26 Å². The Morgan fingerprint density at radius 1 is 0.931 bits per heavy atom. The topological polar surface area (TPSA) is 23.8 Å². The van der Waals surface area contributed by atoms with Crippen LogP contribution in [0.2, 0.25) is 0 Å². The van der Waals surface area contributed by atoms with Gasteiger partial charge in [0, 0.05) is 0 Å². The maximum absolute atomic E-state index is 14.3. The van der Waals surface area contributed by atoms with Crippen molar-refractivity contribution in [3.8, 4) is 17.2 Å². The lowest BCUT2D eigenvalue weighted by Crippen LogP contribution is -2.44. The van der Waals surface area contributed by atoms with E-state index in [1.54, 1.807) is 6.07 Å². The number of nitrogens with zero attached hydrogens (tertiary/aromatic N) is 1. The summed E-state index contributed by atoms with van der Waals surface area (Å²) < 4.78 is 14.3. The van der Waals surface area contributed by atoms with Crippen molar-refractivity contribution in [2.24, 2.45) is 5.41 Å². The molecule has 152 valence electrons. The Balaban J connectivity index is 1.57. The minimum atomic E-state index is -0.421. The quantitative estimate of drug-likeness (QED) is 0.441. The fraction of sp³-hybridized carbons (Fsp3) is 0.519. The molecule has 5 rings (SSSR count). The molecular weight excluding hydrogens is 357 g/mol. The zero-order chi connectivity index (χ0) is 20.3. The first-order valence-electron chi connectivity index (χ1n) is 11.4. The Morgan fingerprint density at radius 3 is 2.31 bits per heavy atom. The second-order valence-electron chi connectivity index (χ2n) is 9.44. The molecule has 3 fully saturated rings. The molecule has 0 saturated heterocycles. The van der Waals surface area contributed by atoms with Crippen LogP contribution in [-0.2, 0) is 5.41 Å². The third-order valence-corrected chi connectivity index (χ3v) is 7.86. The normalized spacial score (nSPS) is 25.7. The number of hydrogen-bond acceptors (Lipinski definition) is 1. The van der Waals surface area contributed by atoms with Crippen LogP contribution in [-0.4, -0.2) is 0 Å². The fourth-order valence-corrected chi connectivity index (χ4v) is 5.94. The van der Waals surface area contributed by atoms with Crippen molar-refractivity contribution in [1.82, 2.24) is 0 Å². The Kier molecular flexibility index (Phi) is 5.77. The van der Waals surface area contributed by atoms with Crippen LogP contribution >= 0.6 is 0 Å². The summed E-state index contributed by atoms with van der Waals surface area (Å²) in [5, 5.41) is 9.05. The van der Waals surface area contributed by atoms with E-state index in [2.05, 4.69) is 31.2 Å². The number of nitriles is 1. The summed E-state index contributed by atoms with van der Waals surface area (Å²) >= 11 is 0. The molecule has 0 atom stereocenters. The van der Waals surface area contributed by atoms with Crippen LogP contribution in [0.3, 0.4) is 0 Å². The van der Waals surface area contributed by atoms with Gasteiger partial charge in [-0.2, -0.15) is 5.26 Å². The van der Waals surface area contributed by atoms with Crippen LogP contribution in [0, 0.1) is 22.6 Å². The molecular formula is C27H32FN. The zero-order valence-electron chi connectivity index (χ0n) is 17.6. The monoisotopic (exact) mass is 389 g/mol. The number of hydrogen-bond donors (Lipinski definition) is 0. The predicted octanol–water partition coefficient (Wildman–Crippen LogP) is 7.93. The van der Waals surface area contributed by atoms with E-state index in [1.165, 1.54) is 82.3 Å². The first-order chi connectivity index (χ1) is 14.1. The molecule has 0 aromatic heterocycles. The van der Waals surface area contributed by atoms with Crippen LogP contribution in [0.1, 0.15) is 88.7 Å². The third kappa shape index (κ3) is 3.85. The molecule has 0 amide bonds. The highest BCUT2D eigenvalue weighted by atomic mass is 19.1. The molecule has 0 aliphatic heterocycles. The molecule has 0 N–H and O–H groups in total. The standard InChI is InChI=1S/C27H32FN/c1-2-3-4-7-12-26-13-16-27(17-14-26,18-15-26)24-9-6-5-8-23(24)21-10-11-22(20-29)25(28)19-21/h5-6,8-11,19H,2-4,7,12-18H2,1H3. The highest BCUT2D eigenvalue weighted by molar-refractivity contribution is 5.70. The van der Waals surface area contributed by atoms with Crippen molar-refractivity contribution in [1.29, 1.82) is 5.26 Å². The minimum absolute atomic E-state index is 0.118. The highest BCUT2D eigenvalue weighted by Crippen LogP contribution is 2.60. The molecule has 2 aromatic carbocycles. The van der Waals surface area contributed by atoms with Crippen molar-refractivity contribution in [3.05, 3.63) is 59.4 Å². The minimum Gasteiger partial charge on any atom is -0.206 e. The third-order valence-electron chi connectivity index (χ3n) is 7.86. The SMILES string of the molecule is CCCCCCC12CCC(c3ccccc3-c3ccc(C#N)c(F)c3)(CC1)CC2. The van der Waals surface area contributed by atoms with Crippen molar-refractivity contribution in [3.63, 3.8) is 0 Å². The van der Waals surface area contributed by atoms with Gasteiger partial charge in [-0.3, -0.25) is 0 Å². The highest BCUT2D eigenvalue weighted by Gasteiger charge is 2.49. The van der Waals surface area contributed by atoms with E-state index in [9.17, 15) is 4.39 Å². The Labute approximate surface area is 175 Å². The first-order valence-corrected chi connectivity index (χ1v) is 11.4. The lowest BCUT2D eigenvalue weighted by molar-refractivity contribution is 0.0307. The summed E-state index contributed by atoms with van der Waals surface area (Å²) in [6, 6.07) is 15.6. The van der Waals surface area contributed by atoms with Crippen LogP contribution < -0.4 is 0 Å². The van der Waals surface area contributed by atoms with Gasteiger partial charge >= 0.3 is 0 Å². The van der Waals surface area contributed by atoms with Crippen molar-refractivity contribution in [2.75, 3.05) is 0 Å². The van der Waals surface area contributed by atoms with Gasteiger partial charge in [0.15, 0.2) is 0 Å². The van der Waals surface area contributed by atoms with E-state index in [-0.39, 0.29) is 11.0 Å². The largest absolute Gasteiger partial charge is 0.206 e. The maximum Gasteiger partial charge on any atom is 0.141 e. The van der Waals surface area contributed by atoms with E-state index < -0.39 is 5.82 Å². The number of benzene rings is 2. The summed E-state index contributed by atoms with van der Waals surface area (Å²) in [6.45, 7) is 2.28. The Bertz CT molecular complexity index is 882. The summed E-state index contributed by atoms with van der Waals surface area (Å²) in [4.78, 5) is 0. The Hall–Kier alpha value is -2.14. The summed E-state index contributed by atoms with van der Waals surface area (Å²) in [7, 11) is 0. The predicted molar refractivity (Wildman–Crippen MR) is 117 cm³/mol. The van der Waals surface area contributed by atoms with E-state index in [0.29, 0.717) is 5.41 Å². The van der Waals surface area contributed by atoms with Gasteiger partial charge in [-0.25, -0.2) is 4.39 Å². The van der Waals surface area contributed by atoms with E-state index in [1.807, 2.05) is 12.1 Å². The molecule has 0 radical (unpaired) electrons. The Morgan fingerprint density at radius 2 is 1.66 bits per heavy atom. The van der Waals surface area contributed by atoms with Gasteiger partial charge in [0.05, 0.1) is 5.56 Å². The maximum atomic E-state index is 14.3. The number of fused-ring (bicyclic) bond motifs is 3. The molecule has 3 aliphatic carbocycles. The summed E-state index contributed by atoms with van der Waals surface area (Å²) in [6.07, 6.45) is 14.7. The van der Waals surface area contributed by atoms with Gasteiger partial charge < -0.3 is 0 Å². The lowest BCUT2D eigenvalue weighted by atomic mass is 9.50.